The quantitative estimate of drug-likeness (QED) is 0.560. The minimum Gasteiger partial charge on any atom is -0.368 e. The van der Waals surface area contributed by atoms with Crippen LogP contribution < -0.4 is 11.1 Å². The summed E-state index contributed by atoms with van der Waals surface area (Å²) in [4.78, 5) is 24.8. The van der Waals surface area contributed by atoms with Gasteiger partial charge in [-0.3, -0.25) is 9.59 Å². The van der Waals surface area contributed by atoms with Crippen LogP contribution in [0.5, 0.6) is 0 Å². The molecule has 0 spiro atoms. The number of carbonyl (C=O) groups excluding carboxylic acids is 2. The number of nitrogens with one attached hydrogen (secondary N) is 1. The van der Waals surface area contributed by atoms with E-state index in [1.165, 1.54) is 28.6 Å². The first kappa shape index (κ1) is 22.7. The van der Waals surface area contributed by atoms with Crippen molar-refractivity contribution in [3.63, 3.8) is 0 Å². The van der Waals surface area contributed by atoms with E-state index in [0.717, 1.165) is 16.7 Å². The fraction of sp³-hybridized carbons (Fsp3) is 0.200. The Labute approximate surface area is 193 Å². The van der Waals surface area contributed by atoms with Crippen molar-refractivity contribution in [2.45, 2.75) is 30.3 Å². The molecule has 1 heterocycles. The lowest BCUT2D eigenvalue weighted by Gasteiger charge is -2.28. The van der Waals surface area contributed by atoms with Crippen molar-refractivity contribution in [2.75, 3.05) is 6.54 Å². The standard InChI is InChI=1S/C25H25N3O4S/c26-24(29)23(15-18-7-2-1-3-8-18)27-25(30)20-11-6-12-22(16-20)33(31,32)28-14-13-19-9-4-5-10-21(19)17-28/h1-12,16,23H,13-15,17H2,(H2,26,29)(H,27,30). The second-order valence-electron chi connectivity index (χ2n) is 8.00. The van der Waals surface area contributed by atoms with E-state index in [1.54, 1.807) is 0 Å². The average Bonchev–Trinajstić information content (AvgIpc) is 2.84. The van der Waals surface area contributed by atoms with Gasteiger partial charge in [0.2, 0.25) is 15.9 Å². The molecular weight excluding hydrogens is 438 g/mol. The van der Waals surface area contributed by atoms with Gasteiger partial charge in [0.05, 0.1) is 4.90 Å². The first-order chi connectivity index (χ1) is 15.8. The molecule has 3 aromatic rings. The topological polar surface area (TPSA) is 110 Å². The molecule has 2 amide bonds. The van der Waals surface area contributed by atoms with E-state index >= 15 is 0 Å². The number of benzene rings is 3. The van der Waals surface area contributed by atoms with Gasteiger partial charge in [0.15, 0.2) is 0 Å². The first-order valence-electron chi connectivity index (χ1n) is 10.7. The third-order valence-electron chi connectivity index (χ3n) is 5.76. The highest BCUT2D eigenvalue weighted by molar-refractivity contribution is 7.89. The van der Waals surface area contributed by atoms with E-state index in [9.17, 15) is 18.0 Å². The minimum atomic E-state index is -3.79. The fourth-order valence-electron chi connectivity index (χ4n) is 3.94. The Bertz CT molecular complexity index is 1280. The Kier molecular flexibility index (Phi) is 6.57. The molecule has 1 aliphatic heterocycles. The molecule has 33 heavy (non-hydrogen) atoms. The third kappa shape index (κ3) is 5.13. The zero-order valence-corrected chi connectivity index (χ0v) is 18.8. The summed E-state index contributed by atoms with van der Waals surface area (Å²) >= 11 is 0. The average molecular weight is 464 g/mol. The van der Waals surface area contributed by atoms with Crippen molar-refractivity contribution in [3.8, 4) is 0 Å². The molecule has 0 saturated heterocycles. The predicted octanol–water partition coefficient (Wildman–Crippen LogP) is 2.26. The summed E-state index contributed by atoms with van der Waals surface area (Å²) in [6.45, 7) is 0.659. The van der Waals surface area contributed by atoms with Crippen LogP contribution >= 0.6 is 0 Å². The number of fused-ring (bicyclic) bond motifs is 1. The number of hydrogen-bond donors (Lipinski definition) is 2. The van der Waals surface area contributed by atoms with Gasteiger partial charge in [-0.2, -0.15) is 4.31 Å². The summed E-state index contributed by atoms with van der Waals surface area (Å²) in [5.74, 6) is -1.22. The highest BCUT2D eigenvalue weighted by atomic mass is 32.2. The molecule has 1 aliphatic rings. The second kappa shape index (κ2) is 9.56. The number of sulfonamides is 1. The maximum atomic E-state index is 13.3. The number of nitrogens with zero attached hydrogens (tertiary/aromatic N) is 1. The van der Waals surface area contributed by atoms with Gasteiger partial charge in [0, 0.05) is 25.1 Å². The highest BCUT2D eigenvalue weighted by Crippen LogP contribution is 2.25. The summed E-state index contributed by atoms with van der Waals surface area (Å²) in [7, 11) is -3.79. The lowest BCUT2D eigenvalue weighted by molar-refractivity contribution is -0.119. The van der Waals surface area contributed by atoms with Crippen molar-refractivity contribution in [3.05, 3.63) is 101 Å². The molecule has 0 aromatic heterocycles. The van der Waals surface area contributed by atoms with Crippen LogP contribution in [-0.4, -0.2) is 37.1 Å². The van der Waals surface area contributed by atoms with Crippen LogP contribution in [0.15, 0.2) is 83.8 Å². The first-order valence-corrected chi connectivity index (χ1v) is 12.1. The van der Waals surface area contributed by atoms with Gasteiger partial charge in [-0.05, 0) is 41.3 Å². The fourth-order valence-corrected chi connectivity index (χ4v) is 5.40. The van der Waals surface area contributed by atoms with Gasteiger partial charge in [-0.25, -0.2) is 8.42 Å². The van der Waals surface area contributed by atoms with E-state index < -0.39 is 27.9 Å². The monoisotopic (exact) mass is 463 g/mol. The normalized spacial score (nSPS) is 14.8. The van der Waals surface area contributed by atoms with Gasteiger partial charge in [-0.1, -0.05) is 60.7 Å². The molecule has 1 atom stereocenters. The number of rotatable bonds is 7. The van der Waals surface area contributed by atoms with Crippen molar-refractivity contribution in [1.29, 1.82) is 0 Å². The molecule has 0 radical (unpaired) electrons. The molecule has 0 bridgehead atoms. The molecule has 0 aliphatic carbocycles. The van der Waals surface area contributed by atoms with Crippen molar-refractivity contribution in [2.24, 2.45) is 5.73 Å². The van der Waals surface area contributed by atoms with Crippen LogP contribution in [-0.2, 0) is 34.2 Å². The van der Waals surface area contributed by atoms with Crippen LogP contribution in [0.3, 0.4) is 0 Å². The SMILES string of the molecule is NC(=O)C(Cc1ccccc1)NC(=O)c1cccc(S(=O)(=O)N2CCc3ccccc3C2)c1. The molecule has 3 aromatic carbocycles. The van der Waals surface area contributed by atoms with Gasteiger partial charge in [0.25, 0.3) is 5.91 Å². The van der Waals surface area contributed by atoms with E-state index in [1.807, 2.05) is 54.6 Å². The molecule has 170 valence electrons. The molecule has 4 rings (SSSR count). The van der Waals surface area contributed by atoms with Gasteiger partial charge >= 0.3 is 0 Å². The Morgan fingerprint density at radius 3 is 2.36 bits per heavy atom. The largest absolute Gasteiger partial charge is 0.368 e. The Hall–Kier alpha value is -3.49. The van der Waals surface area contributed by atoms with Gasteiger partial charge < -0.3 is 11.1 Å². The molecular formula is C25H25N3O4S. The highest BCUT2D eigenvalue weighted by Gasteiger charge is 2.29. The van der Waals surface area contributed by atoms with Crippen molar-refractivity contribution >= 4 is 21.8 Å². The summed E-state index contributed by atoms with van der Waals surface area (Å²) in [5.41, 5.74) is 8.61. The van der Waals surface area contributed by atoms with Crippen LogP contribution in [0.2, 0.25) is 0 Å². The zero-order valence-electron chi connectivity index (χ0n) is 18.0. The van der Waals surface area contributed by atoms with E-state index in [0.29, 0.717) is 13.0 Å². The molecule has 0 fully saturated rings. The van der Waals surface area contributed by atoms with Gasteiger partial charge in [0.1, 0.15) is 6.04 Å². The third-order valence-corrected chi connectivity index (χ3v) is 7.60. The Morgan fingerprint density at radius 1 is 0.939 bits per heavy atom. The maximum Gasteiger partial charge on any atom is 0.251 e. The zero-order chi connectivity index (χ0) is 23.4. The summed E-state index contributed by atoms with van der Waals surface area (Å²) in [5, 5.41) is 2.63. The molecule has 0 saturated carbocycles. The summed E-state index contributed by atoms with van der Waals surface area (Å²) in [6.07, 6.45) is 0.877. The minimum absolute atomic E-state index is 0.0354. The number of hydrogen-bond acceptors (Lipinski definition) is 4. The smallest absolute Gasteiger partial charge is 0.251 e. The Balaban J connectivity index is 1.52. The van der Waals surface area contributed by atoms with E-state index in [-0.39, 0.29) is 23.4 Å². The Morgan fingerprint density at radius 2 is 1.64 bits per heavy atom. The molecule has 1 unspecified atom stereocenters. The van der Waals surface area contributed by atoms with Crippen LogP contribution in [0, 0.1) is 0 Å². The van der Waals surface area contributed by atoms with Gasteiger partial charge in [-0.15, -0.1) is 0 Å². The van der Waals surface area contributed by atoms with Crippen LogP contribution in [0.25, 0.3) is 0 Å². The predicted molar refractivity (Wildman–Crippen MR) is 125 cm³/mol. The maximum absolute atomic E-state index is 13.3. The lowest BCUT2D eigenvalue weighted by atomic mass is 10.0. The number of nitrogens with two attached hydrogens (primary N) is 1. The summed E-state index contributed by atoms with van der Waals surface area (Å²) < 4.78 is 28.0. The number of carbonyl (C=O) groups is 2. The molecule has 3 N–H and O–H groups in total. The van der Waals surface area contributed by atoms with E-state index in [2.05, 4.69) is 5.32 Å². The second-order valence-corrected chi connectivity index (χ2v) is 9.94. The molecule has 7 nitrogen and oxygen atoms in total. The van der Waals surface area contributed by atoms with Crippen molar-refractivity contribution < 1.29 is 18.0 Å². The molecule has 8 heteroatoms. The number of amides is 2. The summed E-state index contributed by atoms with van der Waals surface area (Å²) in [6, 6.07) is 21.9. The van der Waals surface area contributed by atoms with E-state index in [4.69, 9.17) is 5.73 Å². The van der Waals surface area contributed by atoms with Crippen LogP contribution in [0.1, 0.15) is 27.0 Å². The lowest BCUT2D eigenvalue weighted by Crippen LogP contribution is -2.45. The van der Waals surface area contributed by atoms with Crippen LogP contribution in [0.4, 0.5) is 0 Å². The number of primary amides is 1. The van der Waals surface area contributed by atoms with Crippen molar-refractivity contribution in [1.82, 2.24) is 9.62 Å².